The van der Waals surface area contributed by atoms with Crippen LogP contribution in [0.3, 0.4) is 0 Å². The van der Waals surface area contributed by atoms with Crippen molar-refractivity contribution in [2.75, 3.05) is 37.7 Å². The van der Waals surface area contributed by atoms with Crippen molar-refractivity contribution in [2.24, 2.45) is 0 Å². The van der Waals surface area contributed by atoms with Gasteiger partial charge in [0.2, 0.25) is 5.88 Å². The SMILES string of the molecule is C#Cc1c(F)ccc2cc(OC(=O)CCCCCCCCCCCCCCC)cc(-c3nc4c5c(nc(OC[C@@]67CCCN6C[C@H](F)C7)nc5c3F)N3C[C@H]5CC[C@H](N5)[C@H]3CO4)c12. The lowest BCUT2D eigenvalue weighted by Gasteiger charge is -2.40. The monoisotopic (exact) mass is 866 g/mol. The maximum absolute atomic E-state index is 17.6. The average Bonchev–Trinajstić information content (AvgIpc) is 3.92. The zero-order valence-corrected chi connectivity index (χ0v) is 36.7. The fraction of sp³-hybridized carbons (Fsp3) is 0.600. The van der Waals surface area contributed by atoms with Crippen molar-refractivity contribution in [2.45, 2.75) is 159 Å². The Bertz CT molecular complexity index is 2360. The summed E-state index contributed by atoms with van der Waals surface area (Å²) in [5.74, 6) is 1.34. The second-order valence-corrected chi connectivity index (χ2v) is 18.7. The van der Waals surface area contributed by atoms with E-state index in [1.807, 2.05) is 0 Å². The molecule has 0 saturated carbocycles. The highest BCUT2D eigenvalue weighted by atomic mass is 19.1. The van der Waals surface area contributed by atoms with Gasteiger partial charge in [-0.3, -0.25) is 9.69 Å². The molecule has 2 aromatic carbocycles. The molecule has 336 valence electrons. The molecule has 0 unspecified atom stereocenters. The van der Waals surface area contributed by atoms with Crippen molar-refractivity contribution in [1.29, 1.82) is 0 Å². The first kappa shape index (κ1) is 43.6. The molecule has 63 heavy (non-hydrogen) atoms. The Labute approximate surface area is 369 Å². The Morgan fingerprint density at radius 3 is 2.49 bits per heavy atom. The van der Waals surface area contributed by atoms with E-state index in [1.54, 1.807) is 6.07 Å². The first-order valence-electron chi connectivity index (χ1n) is 23.8. The van der Waals surface area contributed by atoms with Crippen LogP contribution in [0, 0.1) is 24.0 Å². The molecule has 7 heterocycles. The van der Waals surface area contributed by atoms with Crippen LogP contribution in [-0.4, -0.2) is 88.5 Å². The summed E-state index contributed by atoms with van der Waals surface area (Å²) in [4.78, 5) is 32.0. The van der Waals surface area contributed by atoms with Gasteiger partial charge in [0.15, 0.2) is 5.82 Å². The third-order valence-corrected chi connectivity index (χ3v) is 14.3. The lowest BCUT2D eigenvalue weighted by molar-refractivity contribution is -0.134. The van der Waals surface area contributed by atoms with E-state index < -0.39 is 29.3 Å². The van der Waals surface area contributed by atoms with Crippen LogP contribution in [0.1, 0.15) is 134 Å². The van der Waals surface area contributed by atoms with Crippen molar-refractivity contribution in [3.05, 3.63) is 41.5 Å². The second-order valence-electron chi connectivity index (χ2n) is 18.7. The summed E-state index contributed by atoms with van der Waals surface area (Å²) in [7, 11) is 0. The third-order valence-electron chi connectivity index (χ3n) is 14.3. The smallest absolute Gasteiger partial charge is 0.319 e. The number of hydrogen-bond acceptors (Lipinski definition) is 10. The molecule has 0 radical (unpaired) electrons. The van der Waals surface area contributed by atoms with Crippen LogP contribution in [0.2, 0.25) is 0 Å². The summed E-state index contributed by atoms with van der Waals surface area (Å²) in [6.07, 6.45) is 24.8. The van der Waals surface area contributed by atoms with Crippen LogP contribution in [-0.2, 0) is 4.79 Å². The highest BCUT2D eigenvalue weighted by molar-refractivity contribution is 6.04. The molecule has 5 aliphatic heterocycles. The van der Waals surface area contributed by atoms with E-state index in [0.29, 0.717) is 42.5 Å². The molecule has 2 bridgehead atoms. The standard InChI is InChI=1S/C50H61F3N6O4/c1-3-5-6-7-8-9-10-11-12-13-14-15-16-18-41(60)63-35-25-32-19-21-38(52)36(4-2)42(32)37(26-35)45-44(53)46-43-47(59-29-34-20-22-39(54-34)40(59)30-61-48(43)55-45)57-49(56-46)62-31-50-23-17-24-58(50)28-33(51)27-50/h2,19,21,25-26,33-34,39-40,54H,3,5-18,20,22-24,27-31H2,1H3/t33-,34-,39+,40-,50+/m1/s1. The lowest BCUT2D eigenvalue weighted by atomic mass is 9.95. The van der Waals surface area contributed by atoms with Gasteiger partial charge in [-0.1, -0.05) is 96.0 Å². The van der Waals surface area contributed by atoms with E-state index in [0.717, 1.165) is 51.5 Å². The highest BCUT2D eigenvalue weighted by Gasteiger charge is 2.50. The van der Waals surface area contributed by atoms with E-state index in [-0.39, 0.29) is 83.1 Å². The minimum Gasteiger partial charge on any atom is -0.475 e. The zero-order valence-electron chi connectivity index (χ0n) is 36.7. The number of hydrogen-bond donors (Lipinski definition) is 1. The molecule has 2 aromatic heterocycles. The van der Waals surface area contributed by atoms with E-state index in [1.165, 1.54) is 76.0 Å². The number of halogens is 3. The van der Waals surface area contributed by atoms with Gasteiger partial charge >= 0.3 is 12.0 Å². The van der Waals surface area contributed by atoms with Gasteiger partial charge < -0.3 is 24.4 Å². The van der Waals surface area contributed by atoms with Gasteiger partial charge in [-0.05, 0) is 62.2 Å². The number of ether oxygens (including phenoxy) is 3. The van der Waals surface area contributed by atoms with E-state index in [4.69, 9.17) is 35.6 Å². The number of benzene rings is 2. The molecule has 0 spiro atoms. The summed E-state index contributed by atoms with van der Waals surface area (Å²) in [6.45, 7) is 4.45. The Morgan fingerprint density at radius 1 is 0.968 bits per heavy atom. The maximum atomic E-state index is 17.6. The Kier molecular flexibility index (Phi) is 13.3. The highest BCUT2D eigenvalue weighted by Crippen LogP contribution is 2.46. The number of pyridine rings is 1. The van der Waals surface area contributed by atoms with Gasteiger partial charge in [0, 0.05) is 49.0 Å². The number of terminal acetylenes is 1. The molecule has 4 fully saturated rings. The quantitative estimate of drug-likeness (QED) is 0.0424. The summed E-state index contributed by atoms with van der Waals surface area (Å²) in [5, 5.41) is 4.70. The Morgan fingerprint density at radius 2 is 1.73 bits per heavy atom. The number of rotatable bonds is 19. The molecule has 5 aliphatic rings. The van der Waals surface area contributed by atoms with Crippen molar-refractivity contribution in [3.63, 3.8) is 0 Å². The minimum atomic E-state index is -0.944. The topological polar surface area (TPSA) is 102 Å². The number of anilines is 1. The second kappa shape index (κ2) is 19.2. The molecular weight excluding hydrogens is 806 g/mol. The molecule has 9 rings (SSSR count). The van der Waals surface area contributed by atoms with Gasteiger partial charge in [-0.25, -0.2) is 18.2 Å². The number of carbonyl (C=O) groups excluding carboxylic acids is 1. The van der Waals surface area contributed by atoms with Crippen LogP contribution in [0.5, 0.6) is 17.6 Å². The summed E-state index contributed by atoms with van der Waals surface area (Å²) >= 11 is 0. The van der Waals surface area contributed by atoms with Crippen molar-refractivity contribution < 1.29 is 32.2 Å². The number of unbranched alkanes of at least 4 members (excludes halogenated alkanes) is 12. The summed E-state index contributed by atoms with van der Waals surface area (Å²) in [6, 6.07) is 6.11. The largest absolute Gasteiger partial charge is 0.475 e. The van der Waals surface area contributed by atoms with Crippen molar-refractivity contribution in [1.82, 2.24) is 25.2 Å². The number of aromatic nitrogens is 3. The number of nitrogens with one attached hydrogen (secondary N) is 1. The van der Waals surface area contributed by atoms with E-state index in [2.05, 4.69) is 28.0 Å². The fourth-order valence-electron chi connectivity index (χ4n) is 11.1. The van der Waals surface area contributed by atoms with Crippen LogP contribution in [0.4, 0.5) is 19.0 Å². The Balaban J connectivity index is 0.993. The van der Waals surface area contributed by atoms with Gasteiger partial charge in [0.05, 0.1) is 17.1 Å². The number of carbonyl (C=O) groups is 1. The lowest BCUT2D eigenvalue weighted by Crippen LogP contribution is -2.60. The van der Waals surface area contributed by atoms with Gasteiger partial charge in [-0.2, -0.15) is 9.97 Å². The molecular formula is C50H61F3N6O4. The van der Waals surface area contributed by atoms with Gasteiger partial charge in [0.25, 0.3) is 0 Å². The fourth-order valence-corrected chi connectivity index (χ4v) is 11.1. The molecule has 4 aromatic rings. The predicted molar refractivity (Wildman–Crippen MR) is 239 cm³/mol. The molecule has 1 N–H and O–H groups in total. The van der Waals surface area contributed by atoms with Crippen molar-refractivity contribution in [3.8, 4) is 41.2 Å². The van der Waals surface area contributed by atoms with Crippen molar-refractivity contribution >= 4 is 33.5 Å². The third kappa shape index (κ3) is 9.04. The number of nitrogens with zero attached hydrogens (tertiary/aromatic N) is 5. The van der Waals surface area contributed by atoms with Gasteiger partial charge in [0.1, 0.15) is 53.4 Å². The molecule has 13 heteroatoms. The first-order chi connectivity index (χ1) is 30.7. The maximum Gasteiger partial charge on any atom is 0.319 e. The zero-order chi connectivity index (χ0) is 43.5. The van der Waals surface area contributed by atoms with Gasteiger partial charge in [-0.15, -0.1) is 6.42 Å². The summed E-state index contributed by atoms with van der Waals surface area (Å²) in [5.41, 5.74) is -0.680. The van der Waals surface area contributed by atoms with Crippen LogP contribution >= 0.6 is 0 Å². The summed E-state index contributed by atoms with van der Waals surface area (Å²) < 4.78 is 66.6. The van der Waals surface area contributed by atoms with Crippen LogP contribution < -0.4 is 24.4 Å². The molecule has 4 saturated heterocycles. The minimum absolute atomic E-state index is 0.0226. The molecule has 10 nitrogen and oxygen atoms in total. The average molecular weight is 867 g/mol. The van der Waals surface area contributed by atoms with Crippen LogP contribution in [0.25, 0.3) is 32.9 Å². The number of fused-ring (bicyclic) bond motifs is 7. The normalized spacial score (nSPS) is 23.7. The number of esters is 1. The van der Waals surface area contributed by atoms with E-state index >= 15 is 8.78 Å². The molecule has 5 atom stereocenters. The predicted octanol–water partition coefficient (Wildman–Crippen LogP) is 10.1. The van der Waals surface area contributed by atoms with Crippen LogP contribution in [0.15, 0.2) is 24.3 Å². The molecule has 0 aliphatic carbocycles. The van der Waals surface area contributed by atoms with E-state index in [9.17, 15) is 9.18 Å². The number of piperazine rings is 1. The Hall–Kier alpha value is -4.67. The number of alkyl halides is 1. The molecule has 0 amide bonds. The first-order valence-corrected chi connectivity index (χ1v) is 23.8.